The van der Waals surface area contributed by atoms with Gasteiger partial charge in [-0.25, -0.2) is 9.37 Å². The maximum Gasteiger partial charge on any atom is 0.199 e. The summed E-state index contributed by atoms with van der Waals surface area (Å²) in [6.07, 6.45) is 0.496. The van der Waals surface area contributed by atoms with E-state index in [2.05, 4.69) is 4.98 Å². The summed E-state index contributed by atoms with van der Waals surface area (Å²) in [5.74, 6) is 0.438. The van der Waals surface area contributed by atoms with Crippen LogP contribution in [0.4, 0.5) is 4.39 Å². The Kier molecular flexibility index (Phi) is 2.48. The van der Waals surface area contributed by atoms with E-state index in [-0.39, 0.29) is 11.6 Å². The van der Waals surface area contributed by atoms with Gasteiger partial charge in [-0.3, -0.25) is 0 Å². The van der Waals surface area contributed by atoms with Crippen LogP contribution in [0, 0.1) is 5.82 Å². The molecule has 0 saturated carbocycles. The van der Waals surface area contributed by atoms with Crippen molar-refractivity contribution in [2.24, 2.45) is 0 Å². The molecule has 0 radical (unpaired) electrons. The number of benzene rings is 2. The standard InChI is InChI=1S/C14H10FNO2/c15-10-3-1-9(2-4-10)7-14-16-12-8-11(17)5-6-13(12)18-14/h1-6,8,17H,7H2. The summed E-state index contributed by atoms with van der Waals surface area (Å²) >= 11 is 0. The highest BCUT2D eigenvalue weighted by Gasteiger charge is 2.07. The van der Waals surface area contributed by atoms with E-state index in [1.54, 1.807) is 30.3 Å². The molecule has 0 amide bonds. The van der Waals surface area contributed by atoms with Gasteiger partial charge in [0.25, 0.3) is 0 Å². The second-order valence-electron chi connectivity index (χ2n) is 4.06. The molecule has 1 heterocycles. The molecule has 0 aliphatic rings. The third-order valence-electron chi connectivity index (χ3n) is 2.68. The summed E-state index contributed by atoms with van der Waals surface area (Å²) in [4.78, 5) is 4.27. The highest BCUT2D eigenvalue weighted by molar-refractivity contribution is 5.74. The Morgan fingerprint density at radius 3 is 2.67 bits per heavy atom. The number of hydrogen-bond acceptors (Lipinski definition) is 3. The van der Waals surface area contributed by atoms with Gasteiger partial charge < -0.3 is 9.52 Å². The molecule has 1 aromatic heterocycles. The van der Waals surface area contributed by atoms with Gasteiger partial charge in [-0.05, 0) is 29.8 Å². The predicted octanol–water partition coefficient (Wildman–Crippen LogP) is 3.26. The maximum absolute atomic E-state index is 12.8. The number of aromatic hydroxyl groups is 1. The molecule has 0 atom stereocenters. The zero-order valence-corrected chi connectivity index (χ0v) is 9.43. The van der Waals surface area contributed by atoms with E-state index >= 15 is 0 Å². The fraction of sp³-hybridized carbons (Fsp3) is 0.0714. The molecule has 90 valence electrons. The molecular formula is C14H10FNO2. The average molecular weight is 243 g/mol. The van der Waals surface area contributed by atoms with Crippen LogP contribution in [-0.4, -0.2) is 10.1 Å². The number of fused-ring (bicyclic) bond motifs is 1. The van der Waals surface area contributed by atoms with Crippen LogP contribution in [0.3, 0.4) is 0 Å². The molecule has 0 unspecified atom stereocenters. The van der Waals surface area contributed by atoms with Crippen LogP contribution >= 0.6 is 0 Å². The first-order valence-electron chi connectivity index (χ1n) is 5.53. The van der Waals surface area contributed by atoms with Gasteiger partial charge in [0.15, 0.2) is 11.5 Å². The highest BCUT2D eigenvalue weighted by atomic mass is 19.1. The first-order valence-corrected chi connectivity index (χ1v) is 5.53. The van der Waals surface area contributed by atoms with Gasteiger partial charge in [0.05, 0.1) is 0 Å². The van der Waals surface area contributed by atoms with Gasteiger partial charge in [-0.2, -0.15) is 0 Å². The Morgan fingerprint density at radius 2 is 1.89 bits per heavy atom. The Hall–Kier alpha value is -2.36. The summed E-state index contributed by atoms with van der Waals surface area (Å²) in [5, 5.41) is 9.34. The average Bonchev–Trinajstić information content (AvgIpc) is 2.73. The van der Waals surface area contributed by atoms with E-state index < -0.39 is 0 Å². The normalized spacial score (nSPS) is 10.9. The van der Waals surface area contributed by atoms with Crippen molar-refractivity contribution in [1.29, 1.82) is 0 Å². The largest absolute Gasteiger partial charge is 0.508 e. The fourth-order valence-corrected chi connectivity index (χ4v) is 1.82. The highest BCUT2D eigenvalue weighted by Crippen LogP contribution is 2.21. The molecule has 2 aromatic carbocycles. The Balaban J connectivity index is 1.92. The van der Waals surface area contributed by atoms with Crippen molar-refractivity contribution in [3.63, 3.8) is 0 Å². The van der Waals surface area contributed by atoms with Crippen molar-refractivity contribution >= 4 is 11.1 Å². The number of phenolic OH excluding ortho intramolecular Hbond substituents is 1. The van der Waals surface area contributed by atoms with Crippen molar-refractivity contribution in [3.05, 3.63) is 59.7 Å². The maximum atomic E-state index is 12.8. The second kappa shape index (κ2) is 4.14. The van der Waals surface area contributed by atoms with Crippen LogP contribution in [0.25, 0.3) is 11.1 Å². The molecule has 0 aliphatic heterocycles. The Labute approximate surface area is 103 Å². The second-order valence-corrected chi connectivity index (χ2v) is 4.06. The summed E-state index contributed by atoms with van der Waals surface area (Å²) in [6.45, 7) is 0. The minimum absolute atomic E-state index is 0.157. The molecule has 3 aromatic rings. The topological polar surface area (TPSA) is 46.3 Å². The van der Waals surface area contributed by atoms with E-state index in [4.69, 9.17) is 4.42 Å². The molecule has 4 heteroatoms. The molecule has 3 nitrogen and oxygen atoms in total. The zero-order valence-electron chi connectivity index (χ0n) is 9.43. The quantitative estimate of drug-likeness (QED) is 0.751. The summed E-state index contributed by atoms with van der Waals surface area (Å²) in [5.41, 5.74) is 2.17. The first-order chi connectivity index (χ1) is 8.70. The van der Waals surface area contributed by atoms with Crippen molar-refractivity contribution in [2.45, 2.75) is 6.42 Å². The smallest absolute Gasteiger partial charge is 0.199 e. The fourth-order valence-electron chi connectivity index (χ4n) is 1.82. The summed E-state index contributed by atoms with van der Waals surface area (Å²) in [7, 11) is 0. The lowest BCUT2D eigenvalue weighted by atomic mass is 10.1. The zero-order chi connectivity index (χ0) is 12.5. The van der Waals surface area contributed by atoms with Gasteiger partial charge in [0, 0.05) is 12.5 Å². The Bertz CT molecular complexity index is 689. The first kappa shape index (κ1) is 10.8. The van der Waals surface area contributed by atoms with Crippen LogP contribution in [0.5, 0.6) is 5.75 Å². The van der Waals surface area contributed by atoms with Gasteiger partial charge >= 0.3 is 0 Å². The molecule has 0 spiro atoms. The number of hydrogen-bond donors (Lipinski definition) is 1. The molecule has 18 heavy (non-hydrogen) atoms. The van der Waals surface area contributed by atoms with E-state index in [0.29, 0.717) is 23.4 Å². The van der Waals surface area contributed by atoms with Crippen LogP contribution < -0.4 is 0 Å². The summed E-state index contributed by atoms with van der Waals surface area (Å²) < 4.78 is 18.3. The molecule has 0 aliphatic carbocycles. The number of halogens is 1. The number of aromatic nitrogens is 1. The number of phenols is 1. The molecule has 0 fully saturated rings. The lowest BCUT2D eigenvalue weighted by Gasteiger charge is -1.96. The van der Waals surface area contributed by atoms with E-state index in [0.717, 1.165) is 5.56 Å². The van der Waals surface area contributed by atoms with Crippen molar-refractivity contribution in [2.75, 3.05) is 0 Å². The molecule has 0 saturated heterocycles. The van der Waals surface area contributed by atoms with E-state index in [9.17, 15) is 9.50 Å². The van der Waals surface area contributed by atoms with Crippen LogP contribution in [0.1, 0.15) is 11.5 Å². The van der Waals surface area contributed by atoms with E-state index in [1.807, 2.05) is 0 Å². The SMILES string of the molecule is Oc1ccc2oc(Cc3ccc(F)cc3)nc2c1. The lowest BCUT2D eigenvalue weighted by Crippen LogP contribution is -1.87. The van der Waals surface area contributed by atoms with Gasteiger partial charge in [-0.15, -0.1) is 0 Å². The minimum Gasteiger partial charge on any atom is -0.508 e. The van der Waals surface area contributed by atoms with Crippen molar-refractivity contribution in [3.8, 4) is 5.75 Å². The Morgan fingerprint density at radius 1 is 1.11 bits per heavy atom. The monoisotopic (exact) mass is 243 g/mol. The number of rotatable bonds is 2. The lowest BCUT2D eigenvalue weighted by molar-refractivity contribution is 0.475. The van der Waals surface area contributed by atoms with Crippen molar-refractivity contribution < 1.29 is 13.9 Å². The third kappa shape index (κ3) is 2.05. The molecule has 1 N–H and O–H groups in total. The van der Waals surface area contributed by atoms with Gasteiger partial charge in [-0.1, -0.05) is 12.1 Å². The molecule has 0 bridgehead atoms. The van der Waals surface area contributed by atoms with Crippen LogP contribution in [-0.2, 0) is 6.42 Å². The minimum atomic E-state index is -0.263. The third-order valence-corrected chi connectivity index (χ3v) is 2.68. The summed E-state index contributed by atoms with van der Waals surface area (Å²) in [6, 6.07) is 11.0. The number of nitrogens with zero attached hydrogens (tertiary/aromatic N) is 1. The van der Waals surface area contributed by atoms with Crippen molar-refractivity contribution in [1.82, 2.24) is 4.98 Å². The van der Waals surface area contributed by atoms with Gasteiger partial charge in [0.2, 0.25) is 0 Å². The van der Waals surface area contributed by atoms with E-state index in [1.165, 1.54) is 12.1 Å². The molecular weight excluding hydrogens is 233 g/mol. The van der Waals surface area contributed by atoms with Gasteiger partial charge in [0.1, 0.15) is 17.1 Å². The van der Waals surface area contributed by atoms with Crippen LogP contribution in [0.2, 0.25) is 0 Å². The number of oxazole rings is 1. The predicted molar refractivity (Wildman–Crippen MR) is 64.9 cm³/mol. The van der Waals surface area contributed by atoms with Crippen LogP contribution in [0.15, 0.2) is 46.9 Å². The molecule has 3 rings (SSSR count).